The van der Waals surface area contributed by atoms with Gasteiger partial charge in [0.1, 0.15) is 0 Å². The Morgan fingerprint density at radius 3 is 2.83 bits per heavy atom. The van der Waals surface area contributed by atoms with Crippen molar-refractivity contribution in [3.05, 3.63) is 69.7 Å². The summed E-state index contributed by atoms with van der Waals surface area (Å²) in [5.41, 5.74) is 4.06. The Kier molecular flexibility index (Phi) is 4.49. The van der Waals surface area contributed by atoms with Crippen molar-refractivity contribution >= 4 is 39.6 Å². The van der Waals surface area contributed by atoms with Crippen molar-refractivity contribution < 1.29 is 4.79 Å². The molecule has 1 aliphatic heterocycles. The molecule has 0 aliphatic carbocycles. The number of anilines is 1. The fraction of sp³-hybridized carbons (Fsp3) is 0.190. The van der Waals surface area contributed by atoms with Gasteiger partial charge in [0, 0.05) is 34.1 Å². The number of aryl methyl sites for hydroxylation is 1. The van der Waals surface area contributed by atoms with Crippen LogP contribution in [0.3, 0.4) is 0 Å². The summed E-state index contributed by atoms with van der Waals surface area (Å²) in [7, 11) is 0. The van der Waals surface area contributed by atoms with E-state index in [0.29, 0.717) is 23.8 Å². The number of aromatic nitrogens is 3. The molecule has 0 radical (unpaired) electrons. The zero-order valence-corrected chi connectivity index (χ0v) is 17.3. The normalized spacial score (nSPS) is 13.5. The number of hydrogen-bond donors (Lipinski definition) is 1. The molecule has 5 rings (SSSR count). The van der Waals surface area contributed by atoms with Crippen LogP contribution in [0.15, 0.2) is 48.5 Å². The molecule has 2 aromatic heterocycles. The third-order valence-electron chi connectivity index (χ3n) is 5.00. The first-order chi connectivity index (χ1) is 14.1. The minimum absolute atomic E-state index is 0.128. The van der Waals surface area contributed by atoms with Gasteiger partial charge in [0.05, 0.1) is 12.2 Å². The van der Waals surface area contributed by atoms with Crippen LogP contribution in [0.4, 0.5) is 10.5 Å². The van der Waals surface area contributed by atoms with Gasteiger partial charge in [-0.05, 0) is 25.1 Å². The van der Waals surface area contributed by atoms with E-state index in [2.05, 4.69) is 24.4 Å². The van der Waals surface area contributed by atoms with Crippen molar-refractivity contribution in [2.45, 2.75) is 19.9 Å². The topological polar surface area (TPSA) is 62.5 Å². The van der Waals surface area contributed by atoms with E-state index < -0.39 is 0 Å². The van der Waals surface area contributed by atoms with E-state index in [1.807, 2.05) is 28.8 Å². The maximum atomic E-state index is 12.6. The van der Waals surface area contributed by atoms with Gasteiger partial charge in [0.25, 0.3) is 0 Å². The second kappa shape index (κ2) is 7.17. The first kappa shape index (κ1) is 18.1. The van der Waals surface area contributed by atoms with E-state index in [4.69, 9.17) is 21.7 Å². The van der Waals surface area contributed by atoms with Crippen LogP contribution in [0.1, 0.15) is 16.1 Å². The van der Waals surface area contributed by atoms with Crippen LogP contribution in [0.5, 0.6) is 0 Å². The van der Waals surface area contributed by atoms with Crippen molar-refractivity contribution in [3.8, 4) is 11.4 Å². The minimum Gasteiger partial charge on any atom is -0.319 e. The van der Waals surface area contributed by atoms with E-state index in [0.717, 1.165) is 33.3 Å². The maximum Gasteiger partial charge on any atom is 0.322 e. The summed E-state index contributed by atoms with van der Waals surface area (Å²) in [4.78, 5) is 21.1. The molecule has 146 valence electrons. The molecule has 6 nitrogen and oxygen atoms in total. The Morgan fingerprint density at radius 1 is 1.21 bits per heavy atom. The Morgan fingerprint density at radius 2 is 2.03 bits per heavy atom. The molecule has 0 saturated carbocycles. The molecule has 4 aromatic rings. The van der Waals surface area contributed by atoms with Crippen LogP contribution in [0, 0.1) is 6.92 Å². The van der Waals surface area contributed by atoms with Crippen molar-refractivity contribution in [2.24, 2.45) is 0 Å². The first-order valence-electron chi connectivity index (χ1n) is 9.33. The van der Waals surface area contributed by atoms with Crippen LogP contribution in [0.25, 0.3) is 16.3 Å². The predicted octanol–water partition coefficient (Wildman–Crippen LogP) is 5.01. The monoisotopic (exact) mass is 423 g/mol. The lowest BCUT2D eigenvalue weighted by atomic mass is 10.1. The minimum atomic E-state index is -0.128. The molecule has 8 heteroatoms. The average molecular weight is 424 g/mol. The van der Waals surface area contributed by atoms with Crippen LogP contribution >= 0.6 is 22.9 Å². The summed E-state index contributed by atoms with van der Waals surface area (Å²) in [6, 6.07) is 15.3. The SMILES string of the molecule is Cc1ccc(-c2nc3sc4c(n3n2)CCN(C(=O)Nc2cccc(Cl)c2)C4)cc1. The number of carbonyl (C=O) groups excluding carboxylic acids is 1. The number of rotatable bonds is 2. The summed E-state index contributed by atoms with van der Waals surface area (Å²) >= 11 is 7.59. The zero-order chi connectivity index (χ0) is 20.0. The number of nitrogens with zero attached hydrogens (tertiary/aromatic N) is 4. The van der Waals surface area contributed by atoms with Crippen LogP contribution < -0.4 is 5.32 Å². The number of hydrogen-bond acceptors (Lipinski definition) is 4. The van der Waals surface area contributed by atoms with Gasteiger partial charge in [-0.1, -0.05) is 58.8 Å². The fourth-order valence-electron chi connectivity index (χ4n) is 3.46. The molecule has 1 aliphatic rings. The second-order valence-corrected chi connectivity index (χ2v) is 8.58. The molecule has 0 atom stereocenters. The molecule has 0 bridgehead atoms. The number of amides is 2. The van der Waals surface area contributed by atoms with Gasteiger partial charge in [-0.15, -0.1) is 5.10 Å². The molecule has 0 unspecified atom stereocenters. The molecular formula is C21H18ClN5OS. The molecule has 2 aromatic carbocycles. The molecule has 0 fully saturated rings. The molecule has 2 amide bonds. The molecule has 1 N–H and O–H groups in total. The third kappa shape index (κ3) is 3.47. The van der Waals surface area contributed by atoms with Crippen molar-refractivity contribution in [3.63, 3.8) is 0 Å². The highest BCUT2D eigenvalue weighted by Gasteiger charge is 2.26. The highest BCUT2D eigenvalue weighted by atomic mass is 35.5. The van der Waals surface area contributed by atoms with Gasteiger partial charge in [-0.2, -0.15) is 4.98 Å². The lowest BCUT2D eigenvalue weighted by molar-refractivity contribution is 0.206. The van der Waals surface area contributed by atoms with Gasteiger partial charge < -0.3 is 10.2 Å². The largest absolute Gasteiger partial charge is 0.322 e. The molecule has 3 heterocycles. The molecule has 0 spiro atoms. The van der Waals surface area contributed by atoms with Gasteiger partial charge >= 0.3 is 6.03 Å². The number of benzene rings is 2. The first-order valence-corrected chi connectivity index (χ1v) is 10.5. The summed E-state index contributed by atoms with van der Waals surface area (Å²) in [6.45, 7) is 3.25. The highest BCUT2D eigenvalue weighted by Crippen LogP contribution is 2.30. The van der Waals surface area contributed by atoms with E-state index in [1.165, 1.54) is 5.56 Å². The fourth-order valence-corrected chi connectivity index (χ4v) is 4.76. The quantitative estimate of drug-likeness (QED) is 0.493. The van der Waals surface area contributed by atoms with Gasteiger partial charge in [0.2, 0.25) is 4.96 Å². The van der Waals surface area contributed by atoms with Crippen molar-refractivity contribution in [2.75, 3.05) is 11.9 Å². The van der Waals surface area contributed by atoms with Crippen LogP contribution in [-0.4, -0.2) is 32.1 Å². The van der Waals surface area contributed by atoms with E-state index >= 15 is 0 Å². The highest BCUT2D eigenvalue weighted by molar-refractivity contribution is 7.17. The Bertz CT molecular complexity index is 1210. The standard InChI is InChI=1S/C21H18ClN5OS/c1-13-5-7-14(8-6-13)19-24-21-27(25-19)17-9-10-26(12-18(17)29-21)20(28)23-16-4-2-3-15(22)11-16/h2-8,11H,9-10,12H2,1H3,(H,23,28). The summed E-state index contributed by atoms with van der Waals surface area (Å²) in [5.74, 6) is 0.736. The van der Waals surface area contributed by atoms with Gasteiger partial charge in [0.15, 0.2) is 5.82 Å². The molecular weight excluding hydrogens is 406 g/mol. The number of halogens is 1. The van der Waals surface area contributed by atoms with Crippen molar-refractivity contribution in [1.82, 2.24) is 19.5 Å². The third-order valence-corrected chi connectivity index (χ3v) is 6.29. The average Bonchev–Trinajstić information content (AvgIpc) is 3.26. The van der Waals surface area contributed by atoms with E-state index in [9.17, 15) is 4.79 Å². The zero-order valence-electron chi connectivity index (χ0n) is 15.7. The van der Waals surface area contributed by atoms with Crippen LogP contribution in [0.2, 0.25) is 5.02 Å². The molecule has 29 heavy (non-hydrogen) atoms. The second-order valence-electron chi connectivity index (χ2n) is 7.08. The summed E-state index contributed by atoms with van der Waals surface area (Å²) in [6.07, 6.45) is 0.745. The van der Waals surface area contributed by atoms with Gasteiger partial charge in [-0.25, -0.2) is 9.31 Å². The molecule has 0 saturated heterocycles. The number of nitrogens with one attached hydrogen (secondary N) is 1. The number of thiazole rings is 1. The number of fused-ring (bicyclic) bond motifs is 3. The van der Waals surface area contributed by atoms with Gasteiger partial charge in [-0.3, -0.25) is 0 Å². The Hall–Kier alpha value is -2.90. The lowest BCUT2D eigenvalue weighted by Crippen LogP contribution is -2.38. The maximum absolute atomic E-state index is 12.6. The Labute approximate surface area is 176 Å². The summed E-state index contributed by atoms with van der Waals surface area (Å²) in [5, 5.41) is 8.23. The lowest BCUT2D eigenvalue weighted by Gasteiger charge is -2.26. The smallest absolute Gasteiger partial charge is 0.319 e. The van der Waals surface area contributed by atoms with Crippen LogP contribution in [-0.2, 0) is 13.0 Å². The van der Waals surface area contributed by atoms with Crippen molar-refractivity contribution in [1.29, 1.82) is 0 Å². The number of urea groups is 1. The van der Waals surface area contributed by atoms with E-state index in [1.54, 1.807) is 28.4 Å². The summed E-state index contributed by atoms with van der Waals surface area (Å²) < 4.78 is 1.93. The predicted molar refractivity (Wildman–Crippen MR) is 116 cm³/mol. The van der Waals surface area contributed by atoms with E-state index in [-0.39, 0.29) is 6.03 Å². The Balaban J connectivity index is 1.36. The number of carbonyl (C=O) groups is 1.